The summed E-state index contributed by atoms with van der Waals surface area (Å²) in [5.74, 6) is 0.455. The van der Waals surface area contributed by atoms with Gasteiger partial charge < -0.3 is 15.0 Å². The van der Waals surface area contributed by atoms with E-state index in [-0.39, 0.29) is 23.7 Å². The predicted octanol–water partition coefficient (Wildman–Crippen LogP) is 4.07. The Morgan fingerprint density at radius 1 is 1.33 bits per heavy atom. The van der Waals surface area contributed by atoms with Gasteiger partial charge in [0.15, 0.2) is 0 Å². The highest BCUT2D eigenvalue weighted by Crippen LogP contribution is 2.22. The molecule has 0 aromatic heterocycles. The fourth-order valence-corrected chi connectivity index (χ4v) is 3.77. The summed E-state index contributed by atoms with van der Waals surface area (Å²) in [4.78, 5) is 26.5. The Labute approximate surface area is 165 Å². The number of amides is 2. The fraction of sp³-hybridized carbons (Fsp3) is 0.600. The fourth-order valence-electron chi connectivity index (χ4n) is 2.89. The molecule has 1 saturated heterocycles. The minimum atomic E-state index is -0.506. The van der Waals surface area contributed by atoms with Gasteiger partial charge in [-0.2, -0.15) is 0 Å². The van der Waals surface area contributed by atoms with Crippen LogP contribution in [0.3, 0.4) is 0 Å². The molecule has 1 aromatic rings. The highest BCUT2D eigenvalue weighted by Gasteiger charge is 2.27. The first kappa shape index (κ1) is 21.5. The number of hydrogen-bond acceptors (Lipinski definition) is 4. The summed E-state index contributed by atoms with van der Waals surface area (Å²) in [5, 5.41) is 2.94. The summed E-state index contributed by atoms with van der Waals surface area (Å²) in [6.07, 6.45) is 1.92. The molecule has 2 amide bonds. The molecule has 150 valence electrons. The molecule has 1 unspecified atom stereocenters. The first-order valence-corrected chi connectivity index (χ1v) is 10.3. The molecular weight excluding hydrogens is 367 g/mol. The van der Waals surface area contributed by atoms with Crippen LogP contribution in [-0.2, 0) is 9.53 Å². The molecule has 1 atom stereocenters. The van der Waals surface area contributed by atoms with Gasteiger partial charge in [-0.05, 0) is 51.7 Å². The molecule has 0 radical (unpaired) electrons. The van der Waals surface area contributed by atoms with Gasteiger partial charge in [-0.1, -0.05) is 12.1 Å². The van der Waals surface area contributed by atoms with Gasteiger partial charge in [0.2, 0.25) is 5.91 Å². The van der Waals surface area contributed by atoms with Crippen molar-refractivity contribution in [1.29, 1.82) is 0 Å². The topological polar surface area (TPSA) is 58.6 Å². The van der Waals surface area contributed by atoms with E-state index in [2.05, 4.69) is 5.32 Å². The first-order chi connectivity index (χ1) is 12.7. The number of benzene rings is 1. The van der Waals surface area contributed by atoms with Crippen LogP contribution >= 0.6 is 11.8 Å². The lowest BCUT2D eigenvalue weighted by molar-refractivity contribution is -0.120. The molecule has 7 heteroatoms. The number of ether oxygens (including phenoxy) is 1. The molecule has 0 saturated carbocycles. The van der Waals surface area contributed by atoms with Gasteiger partial charge in [-0.3, -0.25) is 4.79 Å². The van der Waals surface area contributed by atoms with Crippen LogP contribution in [0.2, 0.25) is 0 Å². The number of carbonyl (C=O) groups is 2. The van der Waals surface area contributed by atoms with Crippen LogP contribution in [-0.4, -0.2) is 47.9 Å². The van der Waals surface area contributed by atoms with E-state index in [0.717, 1.165) is 12.8 Å². The van der Waals surface area contributed by atoms with Crippen molar-refractivity contribution in [1.82, 2.24) is 10.2 Å². The van der Waals surface area contributed by atoms with Crippen molar-refractivity contribution in [2.75, 3.05) is 25.4 Å². The monoisotopic (exact) mass is 396 g/mol. The second kappa shape index (κ2) is 9.97. The van der Waals surface area contributed by atoms with Crippen molar-refractivity contribution in [2.45, 2.75) is 50.5 Å². The molecule has 2 rings (SSSR count). The lowest BCUT2D eigenvalue weighted by Crippen LogP contribution is -2.45. The highest BCUT2D eigenvalue weighted by molar-refractivity contribution is 7.99. The molecule has 1 aliphatic rings. The van der Waals surface area contributed by atoms with Crippen LogP contribution < -0.4 is 5.32 Å². The van der Waals surface area contributed by atoms with Crippen LogP contribution in [0.4, 0.5) is 9.18 Å². The smallest absolute Gasteiger partial charge is 0.410 e. The number of thioether (sulfide) groups is 1. The van der Waals surface area contributed by atoms with Crippen LogP contribution in [0.5, 0.6) is 0 Å². The Kier molecular flexibility index (Phi) is 7.95. The Hall–Kier alpha value is -1.76. The second-order valence-electron chi connectivity index (χ2n) is 7.77. The summed E-state index contributed by atoms with van der Waals surface area (Å²) in [6.45, 7) is 7.39. The lowest BCUT2D eigenvalue weighted by atomic mass is 9.98. The van der Waals surface area contributed by atoms with Crippen molar-refractivity contribution in [3.8, 4) is 0 Å². The molecule has 1 N–H and O–H groups in total. The summed E-state index contributed by atoms with van der Waals surface area (Å²) in [7, 11) is 0. The van der Waals surface area contributed by atoms with Gasteiger partial charge in [-0.25, -0.2) is 9.18 Å². The maximum absolute atomic E-state index is 13.5. The largest absolute Gasteiger partial charge is 0.444 e. The SMILES string of the molecule is CC(C)(C)OC(=O)N1CCCC(CNC(=O)CCSc2ccccc2F)C1. The zero-order valence-electron chi connectivity index (χ0n) is 16.3. The number of nitrogens with one attached hydrogen (secondary N) is 1. The van der Waals surface area contributed by atoms with Gasteiger partial charge in [0, 0.05) is 36.7 Å². The van der Waals surface area contributed by atoms with Crippen LogP contribution in [0.1, 0.15) is 40.0 Å². The van der Waals surface area contributed by atoms with Crippen LogP contribution in [0.15, 0.2) is 29.2 Å². The highest BCUT2D eigenvalue weighted by atomic mass is 32.2. The summed E-state index contributed by atoms with van der Waals surface area (Å²) in [6, 6.07) is 6.56. The Morgan fingerprint density at radius 2 is 2.07 bits per heavy atom. The molecule has 1 heterocycles. The molecule has 0 aliphatic carbocycles. The molecule has 1 aliphatic heterocycles. The first-order valence-electron chi connectivity index (χ1n) is 9.36. The zero-order valence-corrected chi connectivity index (χ0v) is 17.1. The third-order valence-corrected chi connectivity index (χ3v) is 5.23. The molecule has 0 bridgehead atoms. The number of hydrogen-bond donors (Lipinski definition) is 1. The molecule has 5 nitrogen and oxygen atoms in total. The van der Waals surface area contributed by atoms with E-state index >= 15 is 0 Å². The van der Waals surface area contributed by atoms with E-state index < -0.39 is 5.60 Å². The van der Waals surface area contributed by atoms with Crippen molar-refractivity contribution < 1.29 is 18.7 Å². The third-order valence-electron chi connectivity index (χ3n) is 4.18. The lowest BCUT2D eigenvalue weighted by Gasteiger charge is -2.34. The van der Waals surface area contributed by atoms with Crippen molar-refractivity contribution >= 4 is 23.8 Å². The van der Waals surface area contributed by atoms with E-state index in [0.29, 0.717) is 36.7 Å². The number of likely N-dealkylation sites (tertiary alicyclic amines) is 1. The Morgan fingerprint density at radius 3 is 2.78 bits per heavy atom. The van der Waals surface area contributed by atoms with E-state index in [4.69, 9.17) is 4.74 Å². The third kappa shape index (κ3) is 7.79. The van der Waals surface area contributed by atoms with E-state index in [1.165, 1.54) is 17.8 Å². The van der Waals surface area contributed by atoms with Crippen LogP contribution in [0.25, 0.3) is 0 Å². The quantitative estimate of drug-likeness (QED) is 0.737. The van der Waals surface area contributed by atoms with Gasteiger partial charge in [0.25, 0.3) is 0 Å². The normalized spacial score (nSPS) is 17.5. The van der Waals surface area contributed by atoms with E-state index in [1.54, 1.807) is 23.1 Å². The van der Waals surface area contributed by atoms with Gasteiger partial charge >= 0.3 is 6.09 Å². The molecule has 1 fully saturated rings. The van der Waals surface area contributed by atoms with Crippen molar-refractivity contribution in [3.63, 3.8) is 0 Å². The Balaban J connectivity index is 1.68. The van der Waals surface area contributed by atoms with Crippen molar-refractivity contribution in [2.24, 2.45) is 5.92 Å². The summed E-state index contributed by atoms with van der Waals surface area (Å²) >= 11 is 1.34. The number of halogens is 1. The van der Waals surface area contributed by atoms with Crippen LogP contribution in [0, 0.1) is 11.7 Å². The summed E-state index contributed by atoms with van der Waals surface area (Å²) in [5.41, 5.74) is -0.506. The minimum Gasteiger partial charge on any atom is -0.444 e. The van der Waals surface area contributed by atoms with Gasteiger partial charge in [0.05, 0.1) is 0 Å². The molecular formula is C20H29FN2O3S. The van der Waals surface area contributed by atoms with E-state index in [1.807, 2.05) is 20.8 Å². The average molecular weight is 397 g/mol. The maximum Gasteiger partial charge on any atom is 0.410 e. The maximum atomic E-state index is 13.5. The second-order valence-corrected chi connectivity index (χ2v) is 8.90. The van der Waals surface area contributed by atoms with Gasteiger partial charge in [0.1, 0.15) is 11.4 Å². The number of rotatable bonds is 6. The number of carbonyl (C=O) groups excluding carboxylic acids is 2. The minimum absolute atomic E-state index is 0.0479. The predicted molar refractivity (Wildman–Crippen MR) is 105 cm³/mol. The zero-order chi connectivity index (χ0) is 19.9. The van der Waals surface area contributed by atoms with Crippen molar-refractivity contribution in [3.05, 3.63) is 30.1 Å². The summed E-state index contributed by atoms with van der Waals surface area (Å²) < 4.78 is 19.0. The molecule has 1 aromatic carbocycles. The number of piperidine rings is 1. The standard InChI is InChI=1S/C20H29FN2O3S/c1-20(2,3)26-19(25)23-11-6-7-15(14-23)13-22-18(24)10-12-27-17-9-5-4-8-16(17)21/h4-5,8-9,15H,6-7,10-14H2,1-3H3,(H,22,24). The molecule has 27 heavy (non-hydrogen) atoms. The van der Waals surface area contributed by atoms with Gasteiger partial charge in [-0.15, -0.1) is 11.8 Å². The van der Waals surface area contributed by atoms with E-state index in [9.17, 15) is 14.0 Å². The number of nitrogens with zero attached hydrogens (tertiary/aromatic N) is 1. The average Bonchev–Trinajstić information content (AvgIpc) is 2.60. The molecule has 0 spiro atoms. The Bertz CT molecular complexity index is 648.